The molecule has 1 aliphatic heterocycles. The number of hydrogen-bond donors (Lipinski definition) is 2. The molecular formula is C15H13ClN2O5S. The summed E-state index contributed by atoms with van der Waals surface area (Å²) in [5.41, 5.74) is 0.473. The molecule has 126 valence electrons. The van der Waals surface area contributed by atoms with Gasteiger partial charge in [0.05, 0.1) is 11.6 Å². The highest BCUT2D eigenvalue weighted by molar-refractivity contribution is 7.89. The summed E-state index contributed by atoms with van der Waals surface area (Å²) < 4.78 is 36.9. The highest BCUT2D eigenvalue weighted by Gasteiger charge is 2.19. The molecule has 0 radical (unpaired) electrons. The highest BCUT2D eigenvalue weighted by atomic mass is 35.5. The van der Waals surface area contributed by atoms with Crippen LogP contribution in [-0.4, -0.2) is 27.7 Å². The number of amides is 1. The van der Waals surface area contributed by atoms with Gasteiger partial charge in [-0.05, 0) is 24.3 Å². The molecule has 0 saturated carbocycles. The summed E-state index contributed by atoms with van der Waals surface area (Å²) in [7, 11) is -3.88. The normalized spacial score (nSPS) is 12.9. The monoisotopic (exact) mass is 368 g/mol. The van der Waals surface area contributed by atoms with E-state index in [0.29, 0.717) is 17.2 Å². The van der Waals surface area contributed by atoms with Gasteiger partial charge in [0.2, 0.25) is 22.7 Å². The lowest BCUT2D eigenvalue weighted by Crippen LogP contribution is -2.33. The van der Waals surface area contributed by atoms with Crippen LogP contribution in [0.5, 0.6) is 11.5 Å². The minimum absolute atomic E-state index is 0.0810. The third-order valence-corrected chi connectivity index (χ3v) is 5.11. The summed E-state index contributed by atoms with van der Waals surface area (Å²) >= 11 is 5.86. The van der Waals surface area contributed by atoms with Crippen molar-refractivity contribution in [1.29, 1.82) is 0 Å². The third-order valence-electron chi connectivity index (χ3n) is 3.21. The molecular weight excluding hydrogens is 356 g/mol. The van der Waals surface area contributed by atoms with Crippen LogP contribution in [0.15, 0.2) is 47.4 Å². The van der Waals surface area contributed by atoms with Crippen LogP contribution >= 0.6 is 11.6 Å². The van der Waals surface area contributed by atoms with Gasteiger partial charge in [0.15, 0.2) is 11.5 Å². The maximum absolute atomic E-state index is 12.2. The van der Waals surface area contributed by atoms with Gasteiger partial charge in [-0.3, -0.25) is 4.79 Å². The standard InChI is InChI=1S/C15H13ClN2O5S/c16-11-3-1-2-4-14(11)24(20,21)17-8-15(19)18-10-5-6-12-13(7-10)23-9-22-12/h1-7,17H,8-9H2,(H,18,19). The largest absolute Gasteiger partial charge is 0.454 e. The first-order valence-corrected chi connectivity index (χ1v) is 8.75. The van der Waals surface area contributed by atoms with E-state index < -0.39 is 22.5 Å². The zero-order chi connectivity index (χ0) is 17.2. The Bertz CT molecular complexity index is 885. The maximum Gasteiger partial charge on any atom is 0.242 e. The minimum atomic E-state index is -3.88. The molecule has 0 spiro atoms. The predicted molar refractivity (Wildman–Crippen MR) is 87.8 cm³/mol. The molecule has 0 aromatic heterocycles. The van der Waals surface area contributed by atoms with Crippen LogP contribution in [0, 0.1) is 0 Å². The summed E-state index contributed by atoms with van der Waals surface area (Å²) in [5, 5.41) is 2.66. The molecule has 2 aromatic rings. The second-order valence-corrected chi connectivity index (χ2v) is 7.01. The van der Waals surface area contributed by atoms with Crippen molar-refractivity contribution >= 4 is 33.2 Å². The van der Waals surface area contributed by atoms with Gasteiger partial charge < -0.3 is 14.8 Å². The van der Waals surface area contributed by atoms with E-state index in [0.717, 1.165) is 0 Å². The number of benzene rings is 2. The van der Waals surface area contributed by atoms with Gasteiger partial charge in [0.25, 0.3) is 0 Å². The van der Waals surface area contributed by atoms with E-state index in [4.69, 9.17) is 21.1 Å². The summed E-state index contributed by atoms with van der Waals surface area (Å²) in [6, 6.07) is 10.9. The van der Waals surface area contributed by atoms with Crippen LogP contribution in [0.2, 0.25) is 5.02 Å². The fourth-order valence-corrected chi connectivity index (χ4v) is 3.58. The fraction of sp³-hybridized carbons (Fsp3) is 0.133. The van der Waals surface area contributed by atoms with Crippen molar-refractivity contribution in [2.75, 3.05) is 18.7 Å². The molecule has 1 amide bonds. The van der Waals surface area contributed by atoms with E-state index in [1.807, 2.05) is 0 Å². The molecule has 0 unspecified atom stereocenters. The van der Waals surface area contributed by atoms with E-state index >= 15 is 0 Å². The average molecular weight is 369 g/mol. The smallest absolute Gasteiger partial charge is 0.242 e. The van der Waals surface area contributed by atoms with Crippen molar-refractivity contribution in [2.45, 2.75) is 4.90 Å². The van der Waals surface area contributed by atoms with Crippen LogP contribution < -0.4 is 19.5 Å². The molecule has 9 heteroatoms. The Hall–Kier alpha value is -2.29. The number of carbonyl (C=O) groups excluding carboxylic acids is 1. The van der Waals surface area contributed by atoms with Crippen molar-refractivity contribution < 1.29 is 22.7 Å². The van der Waals surface area contributed by atoms with Gasteiger partial charge in [-0.25, -0.2) is 13.1 Å². The van der Waals surface area contributed by atoms with Gasteiger partial charge in [-0.2, -0.15) is 0 Å². The Balaban J connectivity index is 1.62. The van der Waals surface area contributed by atoms with Gasteiger partial charge >= 0.3 is 0 Å². The Morgan fingerprint density at radius 2 is 1.88 bits per heavy atom. The van der Waals surface area contributed by atoms with Crippen molar-refractivity contribution in [3.8, 4) is 11.5 Å². The van der Waals surface area contributed by atoms with Crippen LogP contribution in [0.3, 0.4) is 0 Å². The van der Waals surface area contributed by atoms with E-state index in [9.17, 15) is 13.2 Å². The van der Waals surface area contributed by atoms with Gasteiger partial charge in [-0.1, -0.05) is 23.7 Å². The lowest BCUT2D eigenvalue weighted by Gasteiger charge is -2.09. The lowest BCUT2D eigenvalue weighted by atomic mass is 10.3. The van der Waals surface area contributed by atoms with Crippen molar-refractivity contribution in [3.05, 3.63) is 47.5 Å². The number of carbonyl (C=O) groups is 1. The zero-order valence-corrected chi connectivity index (χ0v) is 13.9. The van der Waals surface area contributed by atoms with Crippen molar-refractivity contribution in [2.24, 2.45) is 0 Å². The summed E-state index contributed by atoms with van der Waals surface area (Å²) in [6.45, 7) is -0.299. The first-order valence-electron chi connectivity index (χ1n) is 6.89. The molecule has 3 rings (SSSR count). The van der Waals surface area contributed by atoms with Gasteiger partial charge in [-0.15, -0.1) is 0 Å². The van der Waals surface area contributed by atoms with Gasteiger partial charge in [0.1, 0.15) is 4.90 Å². The third kappa shape index (κ3) is 3.61. The van der Waals surface area contributed by atoms with Crippen LogP contribution in [0.4, 0.5) is 5.69 Å². The Morgan fingerprint density at radius 1 is 1.12 bits per heavy atom. The van der Waals surface area contributed by atoms with E-state index in [1.165, 1.54) is 12.1 Å². The summed E-state index contributed by atoms with van der Waals surface area (Å²) in [4.78, 5) is 11.9. The highest BCUT2D eigenvalue weighted by Crippen LogP contribution is 2.34. The number of halogens is 1. The molecule has 0 aliphatic carbocycles. The van der Waals surface area contributed by atoms with Crippen LogP contribution in [0.1, 0.15) is 0 Å². The molecule has 24 heavy (non-hydrogen) atoms. The zero-order valence-electron chi connectivity index (χ0n) is 12.3. The number of rotatable bonds is 5. The second-order valence-electron chi connectivity index (χ2n) is 4.87. The number of nitrogens with one attached hydrogen (secondary N) is 2. The number of anilines is 1. The second kappa shape index (κ2) is 6.68. The lowest BCUT2D eigenvalue weighted by molar-refractivity contribution is -0.115. The number of fused-ring (bicyclic) bond motifs is 1. The minimum Gasteiger partial charge on any atom is -0.454 e. The first-order chi connectivity index (χ1) is 11.5. The van der Waals surface area contributed by atoms with Crippen LogP contribution in [-0.2, 0) is 14.8 Å². The summed E-state index contributed by atoms with van der Waals surface area (Å²) in [6.07, 6.45) is 0. The maximum atomic E-state index is 12.2. The molecule has 0 fully saturated rings. The molecule has 2 N–H and O–H groups in total. The molecule has 0 bridgehead atoms. The van der Waals surface area contributed by atoms with E-state index in [-0.39, 0.29) is 16.7 Å². The molecule has 1 heterocycles. The molecule has 0 atom stereocenters. The SMILES string of the molecule is O=C(CNS(=O)(=O)c1ccccc1Cl)Nc1ccc2c(c1)OCO2. The topological polar surface area (TPSA) is 93.7 Å². The average Bonchev–Trinajstić information content (AvgIpc) is 3.01. The van der Waals surface area contributed by atoms with Crippen molar-refractivity contribution in [1.82, 2.24) is 4.72 Å². The molecule has 7 nitrogen and oxygen atoms in total. The van der Waals surface area contributed by atoms with Gasteiger partial charge in [0, 0.05) is 11.8 Å². The quantitative estimate of drug-likeness (QED) is 0.841. The Kier molecular flexibility index (Phi) is 4.61. The Morgan fingerprint density at radius 3 is 2.67 bits per heavy atom. The van der Waals surface area contributed by atoms with Crippen LogP contribution in [0.25, 0.3) is 0 Å². The predicted octanol–water partition coefficient (Wildman–Crippen LogP) is 1.99. The Labute approximate surface area is 143 Å². The van der Waals surface area contributed by atoms with Crippen molar-refractivity contribution in [3.63, 3.8) is 0 Å². The molecule has 1 aliphatic rings. The number of sulfonamides is 1. The fourth-order valence-electron chi connectivity index (χ4n) is 2.08. The van der Waals surface area contributed by atoms with E-state index in [2.05, 4.69) is 10.0 Å². The molecule has 2 aromatic carbocycles. The molecule has 0 saturated heterocycles. The summed E-state index contributed by atoms with van der Waals surface area (Å²) in [5.74, 6) is 0.585. The number of hydrogen-bond acceptors (Lipinski definition) is 5. The first kappa shape index (κ1) is 16.6. The number of ether oxygens (including phenoxy) is 2. The van der Waals surface area contributed by atoms with E-state index in [1.54, 1.807) is 30.3 Å².